The molecule has 0 fully saturated rings. The maximum absolute atomic E-state index is 12.3. The van der Waals surface area contributed by atoms with Crippen LogP contribution in [0.25, 0.3) is 11.3 Å². The van der Waals surface area contributed by atoms with E-state index in [4.69, 9.17) is 4.52 Å². The molecule has 1 aliphatic rings. The maximum Gasteiger partial charge on any atom is 0.240 e. The van der Waals surface area contributed by atoms with Gasteiger partial charge in [-0.1, -0.05) is 59.3 Å². The second-order valence-corrected chi connectivity index (χ2v) is 6.72. The smallest absolute Gasteiger partial charge is 0.240 e. The van der Waals surface area contributed by atoms with Crippen LogP contribution >= 0.6 is 0 Å². The van der Waals surface area contributed by atoms with Crippen molar-refractivity contribution in [2.45, 2.75) is 19.9 Å². The van der Waals surface area contributed by atoms with Gasteiger partial charge in [-0.3, -0.25) is 15.0 Å². The summed E-state index contributed by atoms with van der Waals surface area (Å²) in [6, 6.07) is 18.2. The predicted molar refractivity (Wildman–Crippen MR) is 101 cm³/mol. The van der Waals surface area contributed by atoms with Gasteiger partial charge in [-0.25, -0.2) is 0 Å². The van der Waals surface area contributed by atoms with Crippen molar-refractivity contribution < 1.29 is 9.32 Å². The third-order valence-electron chi connectivity index (χ3n) is 4.70. The highest BCUT2D eigenvalue weighted by Gasteiger charge is 2.19. The summed E-state index contributed by atoms with van der Waals surface area (Å²) < 4.78 is 5.26. The zero-order valence-electron chi connectivity index (χ0n) is 14.7. The van der Waals surface area contributed by atoms with E-state index in [0.717, 1.165) is 25.1 Å². The van der Waals surface area contributed by atoms with E-state index >= 15 is 0 Å². The minimum atomic E-state index is -0.0870. The number of carbonyl (C=O) groups is 1. The summed E-state index contributed by atoms with van der Waals surface area (Å²) in [5.41, 5.74) is 5.54. The van der Waals surface area contributed by atoms with E-state index in [9.17, 15) is 4.79 Å². The third kappa shape index (κ3) is 3.68. The fourth-order valence-corrected chi connectivity index (χ4v) is 3.26. The van der Waals surface area contributed by atoms with Gasteiger partial charge >= 0.3 is 0 Å². The molecule has 4 rings (SSSR count). The van der Waals surface area contributed by atoms with Crippen LogP contribution in [-0.4, -0.2) is 29.1 Å². The van der Waals surface area contributed by atoms with E-state index < -0.39 is 0 Å². The zero-order valence-corrected chi connectivity index (χ0v) is 14.7. The number of fused-ring (bicyclic) bond motifs is 1. The molecule has 1 N–H and O–H groups in total. The lowest BCUT2D eigenvalue weighted by Gasteiger charge is -2.27. The van der Waals surface area contributed by atoms with Crippen molar-refractivity contribution in [2.75, 3.05) is 18.4 Å². The number of benzene rings is 2. The second-order valence-electron chi connectivity index (χ2n) is 6.72. The van der Waals surface area contributed by atoms with E-state index in [-0.39, 0.29) is 5.91 Å². The van der Waals surface area contributed by atoms with Crippen LogP contribution < -0.4 is 5.32 Å². The molecule has 5 heteroatoms. The molecular weight excluding hydrogens is 326 g/mol. The fraction of sp³-hybridized carbons (Fsp3) is 0.238. The normalized spacial score (nSPS) is 14.0. The molecule has 0 radical (unpaired) electrons. The van der Waals surface area contributed by atoms with Crippen LogP contribution in [0.2, 0.25) is 0 Å². The molecule has 0 saturated heterocycles. The Kier molecular flexibility index (Phi) is 4.54. The Labute approximate surface area is 152 Å². The molecule has 3 aromatic rings. The van der Waals surface area contributed by atoms with E-state index in [1.165, 1.54) is 16.7 Å². The molecule has 2 aromatic carbocycles. The number of nitrogens with zero attached hydrogens (tertiary/aromatic N) is 2. The molecule has 26 heavy (non-hydrogen) atoms. The van der Waals surface area contributed by atoms with Crippen molar-refractivity contribution >= 4 is 11.8 Å². The van der Waals surface area contributed by atoms with Crippen molar-refractivity contribution in [2.24, 2.45) is 0 Å². The number of aromatic nitrogens is 1. The first-order valence-electron chi connectivity index (χ1n) is 8.80. The fourth-order valence-electron chi connectivity index (χ4n) is 3.26. The SMILES string of the molecule is Cc1ccc(-c2cc(NC(=O)CN3CCc4ccccc4C3)on2)cc1. The number of hydrogen-bond acceptors (Lipinski definition) is 4. The van der Waals surface area contributed by atoms with E-state index in [0.29, 0.717) is 18.1 Å². The summed E-state index contributed by atoms with van der Waals surface area (Å²) in [7, 11) is 0. The number of hydrogen-bond donors (Lipinski definition) is 1. The van der Waals surface area contributed by atoms with E-state index in [1.54, 1.807) is 6.07 Å². The van der Waals surface area contributed by atoms with E-state index in [1.807, 2.05) is 37.3 Å². The monoisotopic (exact) mass is 347 g/mol. The van der Waals surface area contributed by atoms with E-state index in [2.05, 4.69) is 33.6 Å². The molecule has 0 aliphatic carbocycles. The van der Waals surface area contributed by atoms with Crippen LogP contribution in [0.5, 0.6) is 0 Å². The molecule has 2 heterocycles. The number of rotatable bonds is 4. The molecule has 0 spiro atoms. The van der Waals surface area contributed by atoms with Crippen molar-refractivity contribution in [3.63, 3.8) is 0 Å². The Balaban J connectivity index is 1.36. The van der Waals surface area contributed by atoms with Crippen molar-refractivity contribution in [1.29, 1.82) is 0 Å². The van der Waals surface area contributed by atoms with Gasteiger partial charge < -0.3 is 4.52 Å². The van der Waals surface area contributed by atoms with Crippen LogP contribution in [-0.2, 0) is 17.8 Å². The van der Waals surface area contributed by atoms with Gasteiger partial charge in [-0.05, 0) is 24.5 Å². The summed E-state index contributed by atoms with van der Waals surface area (Å²) in [5.74, 6) is 0.291. The van der Waals surface area contributed by atoms with Crippen molar-refractivity contribution in [1.82, 2.24) is 10.1 Å². The Hall–Kier alpha value is -2.92. The van der Waals surface area contributed by atoms with Gasteiger partial charge in [-0.2, -0.15) is 0 Å². The first kappa shape index (κ1) is 16.5. The van der Waals surface area contributed by atoms with Gasteiger partial charge in [0.25, 0.3) is 0 Å². The van der Waals surface area contributed by atoms with Crippen LogP contribution in [0.3, 0.4) is 0 Å². The average Bonchev–Trinajstić information content (AvgIpc) is 3.10. The standard InChI is InChI=1S/C21H21N3O2/c1-15-6-8-17(9-7-15)19-12-21(26-23-19)22-20(25)14-24-11-10-16-4-2-3-5-18(16)13-24/h2-9,12H,10-11,13-14H2,1H3,(H,22,25). The zero-order chi connectivity index (χ0) is 17.9. The number of aryl methyl sites for hydroxylation is 1. The Morgan fingerprint density at radius 1 is 1.15 bits per heavy atom. The molecule has 0 atom stereocenters. The van der Waals surface area contributed by atoms with Gasteiger partial charge in [-0.15, -0.1) is 0 Å². The molecule has 0 unspecified atom stereocenters. The first-order chi connectivity index (χ1) is 12.7. The van der Waals surface area contributed by atoms with Crippen LogP contribution in [0, 0.1) is 6.92 Å². The minimum Gasteiger partial charge on any atom is -0.338 e. The van der Waals surface area contributed by atoms with Crippen molar-refractivity contribution in [3.8, 4) is 11.3 Å². The summed E-state index contributed by atoms with van der Waals surface area (Å²) in [4.78, 5) is 14.5. The molecule has 0 bridgehead atoms. The largest absolute Gasteiger partial charge is 0.338 e. The van der Waals surface area contributed by atoms with Gasteiger partial charge in [0, 0.05) is 24.7 Å². The Morgan fingerprint density at radius 3 is 2.73 bits per heavy atom. The Morgan fingerprint density at radius 2 is 1.92 bits per heavy atom. The van der Waals surface area contributed by atoms with Crippen LogP contribution in [0.4, 0.5) is 5.88 Å². The number of amides is 1. The summed E-state index contributed by atoms with van der Waals surface area (Å²) in [6.45, 7) is 4.07. The van der Waals surface area contributed by atoms with Gasteiger partial charge in [0.15, 0.2) is 0 Å². The van der Waals surface area contributed by atoms with Crippen LogP contribution in [0.1, 0.15) is 16.7 Å². The second kappa shape index (κ2) is 7.14. The summed E-state index contributed by atoms with van der Waals surface area (Å²) >= 11 is 0. The van der Waals surface area contributed by atoms with Gasteiger partial charge in [0.1, 0.15) is 5.69 Å². The van der Waals surface area contributed by atoms with Gasteiger partial charge in [0.05, 0.1) is 6.54 Å². The molecule has 132 valence electrons. The molecule has 1 aromatic heterocycles. The first-order valence-corrected chi connectivity index (χ1v) is 8.80. The highest BCUT2D eigenvalue weighted by atomic mass is 16.5. The lowest BCUT2D eigenvalue weighted by molar-refractivity contribution is -0.117. The highest BCUT2D eigenvalue weighted by molar-refractivity contribution is 5.91. The summed E-state index contributed by atoms with van der Waals surface area (Å²) in [6.07, 6.45) is 0.976. The number of anilines is 1. The number of carbonyl (C=O) groups excluding carboxylic acids is 1. The molecule has 5 nitrogen and oxygen atoms in total. The molecule has 1 amide bonds. The van der Waals surface area contributed by atoms with Crippen molar-refractivity contribution in [3.05, 3.63) is 71.3 Å². The third-order valence-corrected chi connectivity index (χ3v) is 4.70. The quantitative estimate of drug-likeness (QED) is 0.783. The Bertz CT molecular complexity index is 915. The lowest BCUT2D eigenvalue weighted by atomic mass is 10.00. The number of nitrogens with one attached hydrogen (secondary N) is 1. The molecule has 0 saturated carbocycles. The summed E-state index contributed by atoms with van der Waals surface area (Å²) in [5, 5.41) is 6.85. The van der Waals surface area contributed by atoms with Crippen LogP contribution in [0.15, 0.2) is 59.1 Å². The minimum absolute atomic E-state index is 0.0870. The maximum atomic E-state index is 12.3. The topological polar surface area (TPSA) is 58.4 Å². The molecule has 1 aliphatic heterocycles. The predicted octanol–water partition coefficient (Wildman–Crippen LogP) is 3.65. The average molecular weight is 347 g/mol. The highest BCUT2D eigenvalue weighted by Crippen LogP contribution is 2.22. The van der Waals surface area contributed by atoms with Gasteiger partial charge in [0.2, 0.25) is 11.8 Å². The molecular formula is C21H21N3O2. The lowest BCUT2D eigenvalue weighted by Crippen LogP contribution is -2.37.